The van der Waals surface area contributed by atoms with Crippen LogP contribution in [-0.4, -0.2) is 34.4 Å². The molecule has 0 spiro atoms. The third-order valence-corrected chi connectivity index (χ3v) is 2.84. The normalized spacial score (nSPS) is 36.1. The van der Waals surface area contributed by atoms with Crippen LogP contribution in [0, 0.1) is 5.92 Å². The Morgan fingerprint density at radius 1 is 1.69 bits per heavy atom. The predicted molar refractivity (Wildman–Crippen MR) is 48.4 cm³/mol. The molecule has 4 nitrogen and oxygen atoms in total. The van der Waals surface area contributed by atoms with E-state index in [1.165, 1.54) is 0 Å². The van der Waals surface area contributed by atoms with Crippen LogP contribution in [0.1, 0.15) is 26.7 Å². The monoisotopic (exact) mass is 187 g/mol. The number of carbonyl (C=O) groups is 1. The van der Waals surface area contributed by atoms with E-state index in [9.17, 15) is 9.90 Å². The Labute approximate surface area is 78.0 Å². The van der Waals surface area contributed by atoms with Crippen molar-refractivity contribution in [3.8, 4) is 0 Å². The average molecular weight is 187 g/mol. The first-order valence-corrected chi connectivity index (χ1v) is 4.73. The van der Waals surface area contributed by atoms with Crippen LogP contribution in [-0.2, 0) is 4.79 Å². The second-order valence-electron chi connectivity index (χ2n) is 3.77. The third kappa shape index (κ3) is 2.19. The number of aliphatic carboxylic acids is 1. The van der Waals surface area contributed by atoms with Crippen LogP contribution in [0.3, 0.4) is 0 Å². The summed E-state index contributed by atoms with van der Waals surface area (Å²) in [7, 11) is 0. The van der Waals surface area contributed by atoms with Crippen molar-refractivity contribution >= 4 is 5.97 Å². The highest BCUT2D eigenvalue weighted by molar-refractivity contribution is 5.74. The van der Waals surface area contributed by atoms with Gasteiger partial charge in [0.2, 0.25) is 0 Å². The van der Waals surface area contributed by atoms with E-state index < -0.39 is 18.1 Å². The molecule has 1 fully saturated rings. The van der Waals surface area contributed by atoms with Crippen molar-refractivity contribution in [2.75, 3.05) is 0 Å². The van der Waals surface area contributed by atoms with Crippen molar-refractivity contribution in [3.63, 3.8) is 0 Å². The van der Waals surface area contributed by atoms with E-state index in [1.807, 2.05) is 13.8 Å². The maximum Gasteiger partial charge on any atom is 0.320 e. The number of aliphatic hydroxyl groups excluding tert-OH is 1. The Kier molecular flexibility index (Phi) is 3.27. The molecular weight excluding hydrogens is 170 g/mol. The van der Waals surface area contributed by atoms with Crippen LogP contribution in [0.5, 0.6) is 0 Å². The zero-order valence-corrected chi connectivity index (χ0v) is 8.03. The molecule has 0 amide bonds. The number of hydrogen-bond acceptors (Lipinski definition) is 3. The van der Waals surface area contributed by atoms with Crippen LogP contribution in [0.15, 0.2) is 0 Å². The summed E-state index contributed by atoms with van der Waals surface area (Å²) in [4.78, 5) is 10.6. The van der Waals surface area contributed by atoms with Gasteiger partial charge in [-0.25, -0.2) is 0 Å². The van der Waals surface area contributed by atoms with Crippen molar-refractivity contribution < 1.29 is 15.0 Å². The molecule has 0 aromatic carbocycles. The summed E-state index contributed by atoms with van der Waals surface area (Å²) in [5.41, 5.74) is 0. The van der Waals surface area contributed by atoms with E-state index >= 15 is 0 Å². The summed E-state index contributed by atoms with van der Waals surface area (Å²) in [5, 5.41) is 21.3. The SMILES string of the molecule is CC[C@H](C)[C@@H]1NC(C(=O)O)CC1O. The van der Waals surface area contributed by atoms with Crippen LogP contribution in [0.25, 0.3) is 0 Å². The molecule has 76 valence electrons. The van der Waals surface area contributed by atoms with Gasteiger partial charge in [0.15, 0.2) is 0 Å². The highest BCUT2D eigenvalue weighted by Gasteiger charge is 2.38. The lowest BCUT2D eigenvalue weighted by Crippen LogP contribution is -2.40. The maximum absolute atomic E-state index is 10.6. The van der Waals surface area contributed by atoms with E-state index in [0.29, 0.717) is 12.3 Å². The van der Waals surface area contributed by atoms with Gasteiger partial charge in [-0.2, -0.15) is 0 Å². The molecule has 1 saturated heterocycles. The van der Waals surface area contributed by atoms with E-state index in [1.54, 1.807) is 0 Å². The summed E-state index contributed by atoms with van der Waals surface area (Å²) < 4.78 is 0. The molecule has 1 rings (SSSR count). The Hall–Kier alpha value is -0.610. The van der Waals surface area contributed by atoms with Gasteiger partial charge in [-0.05, 0) is 5.92 Å². The van der Waals surface area contributed by atoms with Gasteiger partial charge in [0.1, 0.15) is 6.04 Å². The molecule has 0 radical (unpaired) electrons. The van der Waals surface area contributed by atoms with Gasteiger partial charge in [0, 0.05) is 12.5 Å². The van der Waals surface area contributed by atoms with Gasteiger partial charge in [-0.15, -0.1) is 0 Å². The molecule has 0 aromatic heterocycles. The number of carboxylic acid groups (broad SMARTS) is 1. The summed E-state index contributed by atoms with van der Waals surface area (Å²) in [6, 6.07) is -0.639. The zero-order chi connectivity index (χ0) is 10.0. The minimum Gasteiger partial charge on any atom is -0.480 e. The van der Waals surface area contributed by atoms with Crippen molar-refractivity contribution in [3.05, 3.63) is 0 Å². The van der Waals surface area contributed by atoms with E-state index in [0.717, 1.165) is 6.42 Å². The summed E-state index contributed by atoms with van der Waals surface area (Å²) in [6.07, 6.45) is 0.752. The molecule has 3 N–H and O–H groups in total. The Balaban J connectivity index is 2.55. The van der Waals surface area contributed by atoms with Gasteiger partial charge in [-0.1, -0.05) is 20.3 Å². The molecule has 13 heavy (non-hydrogen) atoms. The first kappa shape index (κ1) is 10.5. The van der Waals surface area contributed by atoms with E-state index in [4.69, 9.17) is 5.11 Å². The Bertz CT molecular complexity index is 195. The number of hydrogen-bond donors (Lipinski definition) is 3. The second kappa shape index (κ2) is 4.07. The summed E-state index contributed by atoms with van der Waals surface area (Å²) in [6.45, 7) is 4.05. The molecule has 0 saturated carbocycles. The first-order valence-electron chi connectivity index (χ1n) is 4.73. The van der Waals surface area contributed by atoms with Crippen molar-refractivity contribution in [2.24, 2.45) is 5.92 Å². The van der Waals surface area contributed by atoms with Crippen molar-refractivity contribution in [2.45, 2.75) is 44.9 Å². The topological polar surface area (TPSA) is 69.6 Å². The lowest BCUT2D eigenvalue weighted by molar-refractivity contribution is -0.139. The van der Waals surface area contributed by atoms with E-state index in [2.05, 4.69) is 5.32 Å². The lowest BCUT2D eigenvalue weighted by Gasteiger charge is -2.21. The Morgan fingerprint density at radius 2 is 2.31 bits per heavy atom. The van der Waals surface area contributed by atoms with Gasteiger partial charge in [0.25, 0.3) is 0 Å². The standard InChI is InChI=1S/C9H17NO3/c1-3-5(2)8-7(11)4-6(10-8)9(12)13/h5-8,10-11H,3-4H2,1-2H3,(H,12,13)/t5-,6?,7?,8-/m0/s1. The molecule has 2 unspecified atom stereocenters. The average Bonchev–Trinajstić information content (AvgIpc) is 2.46. The first-order chi connectivity index (χ1) is 6.06. The molecular formula is C9H17NO3. The summed E-state index contributed by atoms with van der Waals surface area (Å²) in [5.74, 6) is -0.552. The highest BCUT2D eigenvalue weighted by atomic mass is 16.4. The minimum atomic E-state index is -0.871. The molecule has 4 atom stereocenters. The van der Waals surface area contributed by atoms with Crippen LogP contribution in [0.2, 0.25) is 0 Å². The molecule has 1 aliphatic rings. The smallest absolute Gasteiger partial charge is 0.320 e. The van der Waals surface area contributed by atoms with Gasteiger partial charge < -0.3 is 10.2 Å². The number of rotatable bonds is 3. The number of nitrogens with one attached hydrogen (secondary N) is 1. The van der Waals surface area contributed by atoms with Gasteiger partial charge >= 0.3 is 5.97 Å². The van der Waals surface area contributed by atoms with Gasteiger partial charge in [-0.3, -0.25) is 10.1 Å². The fourth-order valence-corrected chi connectivity index (χ4v) is 1.77. The second-order valence-corrected chi connectivity index (χ2v) is 3.77. The van der Waals surface area contributed by atoms with Crippen molar-refractivity contribution in [1.82, 2.24) is 5.32 Å². The van der Waals surface area contributed by atoms with Gasteiger partial charge in [0.05, 0.1) is 6.10 Å². The van der Waals surface area contributed by atoms with Crippen LogP contribution in [0.4, 0.5) is 0 Å². The molecule has 1 aliphatic heterocycles. The third-order valence-electron chi connectivity index (χ3n) is 2.84. The van der Waals surface area contributed by atoms with E-state index in [-0.39, 0.29) is 6.04 Å². The summed E-state index contributed by atoms with van der Waals surface area (Å²) >= 11 is 0. The van der Waals surface area contributed by atoms with Crippen molar-refractivity contribution in [1.29, 1.82) is 0 Å². The largest absolute Gasteiger partial charge is 0.480 e. The quantitative estimate of drug-likeness (QED) is 0.590. The van der Waals surface area contributed by atoms with Crippen LogP contribution >= 0.6 is 0 Å². The zero-order valence-electron chi connectivity index (χ0n) is 8.03. The Morgan fingerprint density at radius 3 is 2.69 bits per heavy atom. The fourth-order valence-electron chi connectivity index (χ4n) is 1.77. The molecule has 0 bridgehead atoms. The highest BCUT2D eigenvalue weighted by Crippen LogP contribution is 2.21. The predicted octanol–water partition coefficient (Wildman–Crippen LogP) is 0.208. The molecule has 4 heteroatoms. The van der Waals surface area contributed by atoms with Crippen LogP contribution < -0.4 is 5.32 Å². The maximum atomic E-state index is 10.6. The molecule has 0 aliphatic carbocycles. The molecule has 1 heterocycles. The lowest BCUT2D eigenvalue weighted by atomic mass is 9.96. The fraction of sp³-hybridized carbons (Fsp3) is 0.889. The number of aliphatic hydroxyl groups is 1. The minimum absolute atomic E-state index is 0.0638. The molecule has 0 aromatic rings. The number of carboxylic acids is 1.